The zero-order valence-electron chi connectivity index (χ0n) is 15.7. The molecule has 0 fully saturated rings. The molecule has 3 rings (SSSR count). The van der Waals surface area contributed by atoms with Crippen molar-refractivity contribution < 1.29 is 9.18 Å². The Labute approximate surface area is 168 Å². The van der Waals surface area contributed by atoms with Crippen LogP contribution < -0.4 is 16.4 Å². The Kier molecular flexibility index (Phi) is 6.09. The number of hydrogen-bond donors (Lipinski definition) is 4. The van der Waals surface area contributed by atoms with Crippen LogP contribution in [-0.4, -0.2) is 33.9 Å². The van der Waals surface area contributed by atoms with E-state index in [1.165, 1.54) is 18.5 Å². The molecule has 3 aromatic heterocycles. The molecular weight excluding hydrogens is 392 g/mol. The Hall–Kier alpha value is -3.45. The summed E-state index contributed by atoms with van der Waals surface area (Å²) in [6, 6.07) is 2.56. The van der Waals surface area contributed by atoms with Gasteiger partial charge in [-0.25, -0.2) is 19.2 Å². The van der Waals surface area contributed by atoms with E-state index in [2.05, 4.69) is 25.6 Å². The number of anilines is 2. The van der Waals surface area contributed by atoms with Gasteiger partial charge < -0.3 is 16.5 Å². The maximum absolute atomic E-state index is 15.3. The van der Waals surface area contributed by atoms with E-state index >= 15 is 4.39 Å². The molecule has 3 aromatic rings. The van der Waals surface area contributed by atoms with Crippen molar-refractivity contribution in [2.24, 2.45) is 0 Å². The van der Waals surface area contributed by atoms with E-state index in [0.717, 1.165) is 11.8 Å². The fraction of sp³-hybridized carbons (Fsp3) is 0.105. The number of amides is 2. The average molecular weight is 411 g/mol. The SMILES string of the molecule is CP/C=C(\C=N)NC(=O)Nc1cc2c(F)c(-c3cnccc3C)nc(N)c2cn1. The molecule has 0 spiro atoms. The van der Waals surface area contributed by atoms with E-state index in [1.54, 1.807) is 18.1 Å². The van der Waals surface area contributed by atoms with Crippen molar-refractivity contribution in [1.82, 2.24) is 20.3 Å². The Morgan fingerprint density at radius 1 is 1.34 bits per heavy atom. The van der Waals surface area contributed by atoms with Gasteiger partial charge in [-0.1, -0.05) is 8.58 Å². The van der Waals surface area contributed by atoms with Crippen molar-refractivity contribution in [3.8, 4) is 11.3 Å². The number of hydrogen-bond acceptors (Lipinski definition) is 6. The van der Waals surface area contributed by atoms with Crippen molar-refractivity contribution in [3.05, 3.63) is 53.6 Å². The monoisotopic (exact) mass is 411 g/mol. The van der Waals surface area contributed by atoms with Crippen molar-refractivity contribution >= 4 is 43.2 Å². The quantitative estimate of drug-likeness (QED) is 0.376. The van der Waals surface area contributed by atoms with Crippen LogP contribution in [-0.2, 0) is 0 Å². The van der Waals surface area contributed by atoms with Gasteiger partial charge in [0.25, 0.3) is 0 Å². The van der Waals surface area contributed by atoms with Crippen LogP contribution in [0, 0.1) is 18.2 Å². The van der Waals surface area contributed by atoms with Gasteiger partial charge >= 0.3 is 6.03 Å². The number of halogens is 1. The minimum absolute atomic E-state index is 0.0835. The van der Waals surface area contributed by atoms with Crippen LogP contribution in [0.3, 0.4) is 0 Å². The molecule has 1 atom stereocenters. The summed E-state index contributed by atoms with van der Waals surface area (Å²) >= 11 is 0. The number of nitrogen functional groups attached to an aromatic ring is 1. The number of nitrogens with zero attached hydrogens (tertiary/aromatic N) is 3. The van der Waals surface area contributed by atoms with Crippen LogP contribution in [0.15, 0.2) is 42.2 Å². The summed E-state index contributed by atoms with van der Waals surface area (Å²) in [5.74, 6) is 1.40. The maximum atomic E-state index is 15.3. The fourth-order valence-corrected chi connectivity index (χ4v) is 3.17. The van der Waals surface area contributed by atoms with Crippen LogP contribution in [0.5, 0.6) is 0 Å². The van der Waals surface area contributed by atoms with E-state index in [4.69, 9.17) is 11.1 Å². The number of allylic oxidation sites excluding steroid dienone is 1. The minimum atomic E-state index is -0.587. The van der Waals surface area contributed by atoms with Gasteiger partial charge in [-0.3, -0.25) is 10.3 Å². The number of urea groups is 1. The van der Waals surface area contributed by atoms with E-state index in [0.29, 0.717) is 25.2 Å². The van der Waals surface area contributed by atoms with Crippen molar-refractivity contribution in [1.29, 1.82) is 5.41 Å². The van der Waals surface area contributed by atoms with Gasteiger partial charge in [-0.05, 0) is 37.1 Å². The summed E-state index contributed by atoms with van der Waals surface area (Å²) in [5, 5.41) is 12.9. The fourth-order valence-electron chi connectivity index (χ4n) is 2.71. The standard InChI is InChI=1S/C19H19FN7OP/c1-10-3-4-23-7-13(10)17-16(20)12-5-15(24-8-14(12)18(22)27-17)26-19(28)25-11(6-21)9-29-2/h3-9,21,29H,1-2H3,(H2,22,27)(H2,24,25,26,28)/b11-9+,21-6?. The first kappa shape index (κ1) is 20.3. The molecule has 0 radical (unpaired) electrons. The lowest BCUT2D eigenvalue weighted by Crippen LogP contribution is -2.28. The topological polar surface area (TPSA) is 130 Å². The molecule has 0 aliphatic heterocycles. The molecule has 148 valence electrons. The lowest BCUT2D eigenvalue weighted by atomic mass is 10.0. The number of nitrogens with two attached hydrogens (primary N) is 1. The molecule has 2 amide bonds. The largest absolute Gasteiger partial charge is 0.383 e. The van der Waals surface area contributed by atoms with Gasteiger partial charge in [0.15, 0.2) is 5.82 Å². The molecule has 0 aliphatic rings. The molecule has 10 heteroatoms. The predicted octanol–water partition coefficient (Wildman–Crippen LogP) is 3.64. The van der Waals surface area contributed by atoms with E-state index in [-0.39, 0.29) is 22.7 Å². The third kappa shape index (κ3) is 4.35. The summed E-state index contributed by atoms with van der Waals surface area (Å²) in [6.45, 7) is 3.74. The first-order chi connectivity index (χ1) is 13.9. The first-order valence-electron chi connectivity index (χ1n) is 8.56. The van der Waals surface area contributed by atoms with Gasteiger partial charge in [-0.15, -0.1) is 0 Å². The molecule has 8 nitrogen and oxygen atoms in total. The highest BCUT2D eigenvalue weighted by Crippen LogP contribution is 2.32. The van der Waals surface area contributed by atoms with Gasteiger partial charge in [0.1, 0.15) is 17.3 Å². The third-order valence-corrected chi connectivity index (χ3v) is 4.71. The van der Waals surface area contributed by atoms with Crippen molar-refractivity contribution in [3.63, 3.8) is 0 Å². The number of carbonyl (C=O) groups is 1. The normalized spacial score (nSPS) is 11.8. The Morgan fingerprint density at radius 3 is 2.83 bits per heavy atom. The van der Waals surface area contributed by atoms with Gasteiger partial charge in [0, 0.05) is 41.1 Å². The van der Waals surface area contributed by atoms with Crippen LogP contribution >= 0.6 is 8.58 Å². The van der Waals surface area contributed by atoms with Gasteiger partial charge in [0.05, 0.1) is 5.70 Å². The van der Waals surface area contributed by atoms with E-state index < -0.39 is 11.8 Å². The number of aromatic nitrogens is 3. The minimum Gasteiger partial charge on any atom is -0.383 e. The number of aryl methyl sites for hydroxylation is 1. The van der Waals surface area contributed by atoms with E-state index in [9.17, 15) is 4.79 Å². The average Bonchev–Trinajstić information content (AvgIpc) is 2.71. The number of nitrogens with one attached hydrogen (secondary N) is 3. The number of pyridine rings is 3. The van der Waals surface area contributed by atoms with Crippen molar-refractivity contribution in [2.75, 3.05) is 17.7 Å². The molecule has 0 saturated carbocycles. The lowest BCUT2D eigenvalue weighted by Gasteiger charge is -2.12. The van der Waals surface area contributed by atoms with Crippen LogP contribution in [0.2, 0.25) is 0 Å². The number of carbonyl (C=O) groups excluding carboxylic acids is 1. The first-order valence-corrected chi connectivity index (χ1v) is 10.1. The zero-order chi connectivity index (χ0) is 21.0. The summed E-state index contributed by atoms with van der Waals surface area (Å²) in [5.41, 5.74) is 7.79. The molecule has 0 bridgehead atoms. The molecule has 0 aromatic carbocycles. The maximum Gasteiger partial charge on any atom is 0.324 e. The molecule has 3 heterocycles. The van der Waals surface area contributed by atoms with Crippen LogP contribution in [0.4, 0.5) is 20.8 Å². The van der Waals surface area contributed by atoms with Crippen molar-refractivity contribution in [2.45, 2.75) is 6.92 Å². The Bertz CT molecular complexity index is 1130. The second kappa shape index (κ2) is 8.70. The third-order valence-electron chi connectivity index (χ3n) is 4.11. The van der Waals surface area contributed by atoms with E-state index in [1.807, 2.05) is 13.6 Å². The number of rotatable bonds is 5. The Morgan fingerprint density at radius 2 is 2.14 bits per heavy atom. The second-order valence-corrected chi connectivity index (χ2v) is 6.94. The molecule has 0 aliphatic carbocycles. The summed E-state index contributed by atoms with van der Waals surface area (Å²) in [7, 11) is 0.433. The smallest absolute Gasteiger partial charge is 0.324 e. The highest BCUT2D eigenvalue weighted by Gasteiger charge is 2.17. The molecular formula is C19H19FN7OP. The summed E-state index contributed by atoms with van der Waals surface area (Å²) in [4.78, 5) is 24.5. The zero-order valence-corrected chi connectivity index (χ0v) is 16.7. The number of fused-ring (bicyclic) bond motifs is 1. The highest BCUT2D eigenvalue weighted by atomic mass is 31.1. The molecule has 5 N–H and O–H groups in total. The predicted molar refractivity (Wildman–Crippen MR) is 115 cm³/mol. The highest BCUT2D eigenvalue weighted by molar-refractivity contribution is 7.40. The summed E-state index contributed by atoms with van der Waals surface area (Å²) in [6.07, 6.45) is 5.54. The van der Waals surface area contributed by atoms with Gasteiger partial charge in [-0.2, -0.15) is 0 Å². The molecule has 0 saturated heterocycles. The van der Waals surface area contributed by atoms with Gasteiger partial charge in [0.2, 0.25) is 0 Å². The van der Waals surface area contributed by atoms with Crippen LogP contribution in [0.1, 0.15) is 5.56 Å². The second-order valence-electron chi connectivity index (χ2n) is 6.08. The summed E-state index contributed by atoms with van der Waals surface area (Å²) < 4.78 is 15.3. The molecule has 29 heavy (non-hydrogen) atoms. The Balaban J connectivity index is 2.00. The molecule has 1 unspecified atom stereocenters. The van der Waals surface area contributed by atoms with Crippen LogP contribution in [0.25, 0.3) is 22.0 Å². The lowest BCUT2D eigenvalue weighted by molar-refractivity contribution is 0.254.